The zero-order valence-electron chi connectivity index (χ0n) is 9.92. The highest BCUT2D eigenvalue weighted by molar-refractivity contribution is 5.79. The molecule has 0 heterocycles. The Balaban J connectivity index is 2.15. The number of hydrogen-bond acceptors (Lipinski definition) is 5. The van der Waals surface area contributed by atoms with E-state index in [1.54, 1.807) is 0 Å². The second-order valence-electron chi connectivity index (χ2n) is 4.54. The fourth-order valence-electron chi connectivity index (χ4n) is 1.77. The Kier molecular flexibility index (Phi) is 3.09. The van der Waals surface area contributed by atoms with Gasteiger partial charge in [0.25, 0.3) is 5.69 Å². The molecule has 0 unspecified atom stereocenters. The first kappa shape index (κ1) is 12.8. The molecule has 0 saturated heterocycles. The van der Waals surface area contributed by atoms with E-state index in [1.807, 2.05) is 6.07 Å². The van der Waals surface area contributed by atoms with E-state index in [0.717, 1.165) is 0 Å². The Morgan fingerprint density at radius 1 is 1.58 bits per heavy atom. The minimum Gasteiger partial charge on any atom is -0.481 e. The summed E-state index contributed by atoms with van der Waals surface area (Å²) in [6, 6.07) is 5.74. The molecule has 7 nitrogen and oxygen atoms in total. The Morgan fingerprint density at radius 2 is 2.26 bits per heavy atom. The number of nitro groups is 1. The fourth-order valence-corrected chi connectivity index (χ4v) is 1.77. The summed E-state index contributed by atoms with van der Waals surface area (Å²) in [5.74, 6) is -0.861. The number of carboxylic acid groups (broad SMARTS) is 1. The molecule has 19 heavy (non-hydrogen) atoms. The molecule has 0 aromatic heterocycles. The molecular weight excluding hydrogens is 250 g/mol. The highest BCUT2D eigenvalue weighted by atomic mass is 16.6. The van der Waals surface area contributed by atoms with Gasteiger partial charge in [-0.05, 0) is 18.9 Å². The van der Waals surface area contributed by atoms with E-state index >= 15 is 0 Å². The maximum Gasteiger partial charge on any atom is 0.311 e. The largest absolute Gasteiger partial charge is 0.481 e. The lowest BCUT2D eigenvalue weighted by Crippen LogP contribution is -2.24. The topological polar surface area (TPSA) is 116 Å². The SMILES string of the molecule is N#Cc1cc([N+](=O)[O-])ccc1NCC1(C(=O)O)CC1. The predicted octanol–water partition coefficient (Wildman–Crippen LogP) is 1.74. The Labute approximate surface area is 108 Å². The number of carbonyl (C=O) groups is 1. The number of hydrogen-bond donors (Lipinski definition) is 2. The minimum atomic E-state index is -0.861. The first-order valence-electron chi connectivity index (χ1n) is 5.64. The van der Waals surface area contributed by atoms with Gasteiger partial charge in [-0.25, -0.2) is 0 Å². The number of anilines is 1. The van der Waals surface area contributed by atoms with Crippen molar-refractivity contribution < 1.29 is 14.8 Å². The minimum absolute atomic E-state index is 0.135. The summed E-state index contributed by atoms with van der Waals surface area (Å²) in [4.78, 5) is 21.0. The van der Waals surface area contributed by atoms with Crippen molar-refractivity contribution in [1.82, 2.24) is 0 Å². The van der Waals surface area contributed by atoms with Crippen LogP contribution in [0, 0.1) is 26.9 Å². The lowest BCUT2D eigenvalue weighted by atomic mass is 10.1. The highest BCUT2D eigenvalue weighted by Crippen LogP contribution is 2.46. The molecule has 2 rings (SSSR count). The van der Waals surface area contributed by atoms with Gasteiger partial charge >= 0.3 is 5.97 Å². The third-order valence-corrected chi connectivity index (χ3v) is 3.26. The Bertz CT molecular complexity index is 587. The van der Waals surface area contributed by atoms with E-state index in [0.29, 0.717) is 18.5 Å². The summed E-state index contributed by atoms with van der Waals surface area (Å²) < 4.78 is 0. The van der Waals surface area contributed by atoms with Crippen LogP contribution in [-0.4, -0.2) is 22.5 Å². The van der Waals surface area contributed by atoms with Crippen molar-refractivity contribution in [3.8, 4) is 6.07 Å². The molecule has 0 radical (unpaired) electrons. The van der Waals surface area contributed by atoms with E-state index in [1.165, 1.54) is 18.2 Å². The average molecular weight is 261 g/mol. The standard InChI is InChI=1S/C12H11N3O4/c13-6-8-5-9(15(18)19)1-2-10(8)14-7-12(3-4-12)11(16)17/h1-2,5,14H,3-4,7H2,(H,16,17). The van der Waals surface area contributed by atoms with Crippen molar-refractivity contribution >= 4 is 17.3 Å². The summed E-state index contributed by atoms with van der Waals surface area (Å²) in [7, 11) is 0. The number of nitrogens with zero attached hydrogens (tertiary/aromatic N) is 2. The van der Waals surface area contributed by atoms with E-state index in [9.17, 15) is 14.9 Å². The van der Waals surface area contributed by atoms with Crippen molar-refractivity contribution in [3.63, 3.8) is 0 Å². The molecule has 0 spiro atoms. The molecule has 0 amide bonds. The van der Waals surface area contributed by atoms with E-state index < -0.39 is 16.3 Å². The van der Waals surface area contributed by atoms with Crippen LogP contribution in [0.15, 0.2) is 18.2 Å². The summed E-state index contributed by atoms with van der Waals surface area (Å²) in [5.41, 5.74) is -0.369. The lowest BCUT2D eigenvalue weighted by Gasteiger charge is -2.13. The Hall–Kier alpha value is -2.62. The number of non-ortho nitro benzene ring substituents is 1. The first-order valence-corrected chi connectivity index (χ1v) is 5.64. The maximum atomic E-state index is 11.0. The van der Waals surface area contributed by atoms with Crippen LogP contribution in [0.4, 0.5) is 11.4 Å². The summed E-state index contributed by atoms with van der Waals surface area (Å²) in [6.45, 7) is 0.217. The third-order valence-electron chi connectivity index (χ3n) is 3.26. The number of benzene rings is 1. The van der Waals surface area contributed by atoms with Gasteiger partial charge in [-0.15, -0.1) is 0 Å². The zero-order chi connectivity index (χ0) is 14.0. The lowest BCUT2D eigenvalue weighted by molar-refractivity contribution is -0.384. The predicted molar refractivity (Wildman–Crippen MR) is 65.6 cm³/mol. The first-order chi connectivity index (χ1) is 8.98. The van der Waals surface area contributed by atoms with Gasteiger partial charge in [0.05, 0.1) is 21.6 Å². The van der Waals surface area contributed by atoms with Crippen LogP contribution in [0.5, 0.6) is 0 Å². The van der Waals surface area contributed by atoms with Crippen molar-refractivity contribution in [3.05, 3.63) is 33.9 Å². The van der Waals surface area contributed by atoms with Crippen LogP contribution in [0.1, 0.15) is 18.4 Å². The summed E-state index contributed by atoms with van der Waals surface area (Å²) in [6.07, 6.45) is 1.20. The van der Waals surface area contributed by atoms with Crippen molar-refractivity contribution in [2.24, 2.45) is 5.41 Å². The summed E-state index contributed by atoms with van der Waals surface area (Å²) >= 11 is 0. The number of rotatable bonds is 5. The smallest absolute Gasteiger partial charge is 0.311 e. The quantitative estimate of drug-likeness (QED) is 0.616. The molecule has 1 aromatic carbocycles. The van der Waals surface area contributed by atoms with Gasteiger partial charge in [0.1, 0.15) is 6.07 Å². The van der Waals surface area contributed by atoms with Gasteiger partial charge < -0.3 is 10.4 Å². The third kappa shape index (κ3) is 2.47. The van der Waals surface area contributed by atoms with Crippen LogP contribution in [-0.2, 0) is 4.79 Å². The van der Waals surface area contributed by atoms with E-state index in [2.05, 4.69) is 5.32 Å². The molecule has 0 aliphatic heterocycles. The second-order valence-corrected chi connectivity index (χ2v) is 4.54. The zero-order valence-corrected chi connectivity index (χ0v) is 9.92. The molecule has 1 fully saturated rings. The van der Waals surface area contributed by atoms with Gasteiger partial charge in [-0.1, -0.05) is 0 Å². The Morgan fingerprint density at radius 3 is 2.74 bits per heavy atom. The fraction of sp³-hybridized carbons (Fsp3) is 0.333. The van der Waals surface area contributed by atoms with Gasteiger partial charge in [0, 0.05) is 18.7 Å². The number of nitro benzene ring substituents is 1. The van der Waals surface area contributed by atoms with Gasteiger partial charge in [0.2, 0.25) is 0 Å². The molecule has 1 aromatic rings. The van der Waals surface area contributed by atoms with E-state index in [-0.39, 0.29) is 17.8 Å². The molecule has 1 saturated carbocycles. The molecule has 1 aliphatic carbocycles. The number of carboxylic acids is 1. The molecule has 0 bridgehead atoms. The molecule has 1 aliphatic rings. The van der Waals surface area contributed by atoms with Crippen molar-refractivity contribution in [2.75, 3.05) is 11.9 Å². The average Bonchev–Trinajstić information content (AvgIpc) is 3.17. The normalized spacial score (nSPS) is 15.3. The van der Waals surface area contributed by atoms with E-state index in [4.69, 9.17) is 10.4 Å². The van der Waals surface area contributed by atoms with Crippen LogP contribution in [0.25, 0.3) is 0 Å². The van der Waals surface area contributed by atoms with Crippen LogP contribution in [0.3, 0.4) is 0 Å². The number of nitrogens with one attached hydrogen (secondary N) is 1. The van der Waals surface area contributed by atoms with Gasteiger partial charge in [0.15, 0.2) is 0 Å². The number of nitriles is 1. The van der Waals surface area contributed by atoms with Gasteiger partial charge in [-0.3, -0.25) is 14.9 Å². The molecule has 7 heteroatoms. The van der Waals surface area contributed by atoms with Crippen LogP contribution >= 0.6 is 0 Å². The van der Waals surface area contributed by atoms with Crippen LogP contribution in [0.2, 0.25) is 0 Å². The second kappa shape index (κ2) is 4.57. The van der Waals surface area contributed by atoms with Crippen molar-refractivity contribution in [2.45, 2.75) is 12.8 Å². The monoisotopic (exact) mass is 261 g/mol. The van der Waals surface area contributed by atoms with Crippen molar-refractivity contribution in [1.29, 1.82) is 5.26 Å². The van der Waals surface area contributed by atoms with Gasteiger partial charge in [-0.2, -0.15) is 5.26 Å². The summed E-state index contributed by atoms with van der Waals surface area (Å²) in [5, 5.41) is 31.5. The maximum absolute atomic E-state index is 11.0. The molecular formula is C12H11N3O4. The molecule has 0 atom stereocenters. The van der Waals surface area contributed by atoms with Crippen LogP contribution < -0.4 is 5.32 Å². The molecule has 98 valence electrons. The number of aliphatic carboxylic acids is 1. The highest BCUT2D eigenvalue weighted by Gasteiger charge is 2.50. The molecule has 2 N–H and O–H groups in total.